The Morgan fingerprint density at radius 1 is 0.973 bits per heavy atom. The fourth-order valence-electron chi connectivity index (χ4n) is 4.25. The van der Waals surface area contributed by atoms with Crippen molar-refractivity contribution in [2.24, 2.45) is 7.05 Å². The molecule has 0 saturated carbocycles. The molecule has 37 heavy (non-hydrogen) atoms. The third kappa shape index (κ3) is 5.56. The number of H-pyrrole nitrogens is 1. The van der Waals surface area contributed by atoms with Crippen molar-refractivity contribution in [2.45, 2.75) is 13.1 Å². The molecule has 0 unspecified atom stereocenters. The molecule has 2 aromatic carbocycles. The number of imidazole rings is 1. The standard InChI is InChI=1S/C28H27N5O4/c1-31-25(18-33(28(31)36)17-24-26(34)27(35)30-19-29-24)23-10-8-21(9-11-23)3-2-20-4-6-22(7-5-20)16-32-12-14-37-15-13-32/h4-11,18-19,34H,12-17H2,1H3,(H,29,30,35). The Balaban J connectivity index is 1.28. The smallest absolute Gasteiger partial charge is 0.328 e. The molecule has 1 fully saturated rings. The van der Waals surface area contributed by atoms with E-state index >= 15 is 0 Å². The predicted octanol–water partition coefficient (Wildman–Crippen LogP) is 1.92. The molecule has 0 aliphatic carbocycles. The van der Waals surface area contributed by atoms with Gasteiger partial charge in [-0.3, -0.25) is 18.8 Å². The topological polar surface area (TPSA) is 105 Å². The molecule has 1 aliphatic heterocycles. The van der Waals surface area contributed by atoms with Crippen LogP contribution in [-0.2, 0) is 24.9 Å². The van der Waals surface area contributed by atoms with Gasteiger partial charge in [-0.05, 0) is 35.4 Å². The lowest BCUT2D eigenvalue weighted by Crippen LogP contribution is -2.35. The first-order valence-electron chi connectivity index (χ1n) is 12.0. The van der Waals surface area contributed by atoms with Crippen LogP contribution >= 0.6 is 0 Å². The average molecular weight is 498 g/mol. The van der Waals surface area contributed by atoms with Crippen molar-refractivity contribution < 1.29 is 9.84 Å². The van der Waals surface area contributed by atoms with Gasteiger partial charge in [0, 0.05) is 44.0 Å². The van der Waals surface area contributed by atoms with Gasteiger partial charge in [0.1, 0.15) is 5.69 Å². The Hall–Kier alpha value is -4.39. The van der Waals surface area contributed by atoms with Crippen molar-refractivity contribution in [1.29, 1.82) is 0 Å². The van der Waals surface area contributed by atoms with E-state index in [0.29, 0.717) is 5.69 Å². The SMILES string of the molecule is Cn1c(-c2ccc(C#Cc3ccc(CN4CCOCC4)cc3)cc2)cn(Cc2nc[nH]c(=O)c2O)c1=O. The Morgan fingerprint density at radius 2 is 1.62 bits per heavy atom. The van der Waals surface area contributed by atoms with Gasteiger partial charge in [-0.1, -0.05) is 36.1 Å². The van der Waals surface area contributed by atoms with E-state index < -0.39 is 11.3 Å². The van der Waals surface area contributed by atoms with E-state index in [0.717, 1.165) is 49.5 Å². The number of morpholine rings is 1. The van der Waals surface area contributed by atoms with Crippen LogP contribution in [0, 0.1) is 11.8 Å². The van der Waals surface area contributed by atoms with E-state index in [2.05, 4.69) is 38.8 Å². The molecule has 1 saturated heterocycles. The number of benzene rings is 2. The van der Waals surface area contributed by atoms with Gasteiger partial charge in [0.2, 0.25) is 5.75 Å². The van der Waals surface area contributed by atoms with E-state index in [1.54, 1.807) is 13.2 Å². The Morgan fingerprint density at radius 3 is 2.30 bits per heavy atom. The summed E-state index contributed by atoms with van der Waals surface area (Å²) >= 11 is 0. The number of ether oxygens (including phenoxy) is 1. The quantitative estimate of drug-likeness (QED) is 0.408. The van der Waals surface area contributed by atoms with Crippen molar-refractivity contribution in [1.82, 2.24) is 24.0 Å². The second-order valence-electron chi connectivity index (χ2n) is 8.92. The molecule has 0 bridgehead atoms. The summed E-state index contributed by atoms with van der Waals surface area (Å²) in [5, 5.41) is 9.94. The fourth-order valence-corrected chi connectivity index (χ4v) is 4.25. The van der Waals surface area contributed by atoms with Gasteiger partial charge in [-0.2, -0.15) is 0 Å². The van der Waals surface area contributed by atoms with Gasteiger partial charge >= 0.3 is 5.69 Å². The van der Waals surface area contributed by atoms with Crippen molar-refractivity contribution in [3.63, 3.8) is 0 Å². The van der Waals surface area contributed by atoms with Crippen LogP contribution in [0.4, 0.5) is 0 Å². The number of hydrogen-bond acceptors (Lipinski definition) is 6. The molecule has 2 aromatic heterocycles. The maximum atomic E-state index is 12.7. The van der Waals surface area contributed by atoms with Crippen LogP contribution < -0.4 is 11.2 Å². The zero-order valence-electron chi connectivity index (χ0n) is 20.5. The third-order valence-corrected chi connectivity index (χ3v) is 6.39. The summed E-state index contributed by atoms with van der Waals surface area (Å²) in [4.78, 5) is 33.0. The number of rotatable bonds is 5. The van der Waals surface area contributed by atoms with Gasteiger partial charge in [-0.15, -0.1) is 0 Å². The molecule has 0 radical (unpaired) electrons. The summed E-state index contributed by atoms with van der Waals surface area (Å²) in [7, 11) is 1.68. The summed E-state index contributed by atoms with van der Waals surface area (Å²) in [6, 6.07) is 16.0. The molecule has 1 aliphatic rings. The van der Waals surface area contributed by atoms with Crippen LogP contribution in [0.1, 0.15) is 22.4 Å². The van der Waals surface area contributed by atoms with Gasteiger partial charge in [-0.25, -0.2) is 9.78 Å². The van der Waals surface area contributed by atoms with Gasteiger partial charge < -0.3 is 14.8 Å². The molecule has 9 nitrogen and oxygen atoms in total. The molecule has 9 heteroatoms. The number of aromatic amines is 1. The van der Waals surface area contributed by atoms with Crippen molar-refractivity contribution in [3.05, 3.63) is 104 Å². The monoisotopic (exact) mass is 497 g/mol. The summed E-state index contributed by atoms with van der Waals surface area (Å²) in [5.41, 5.74) is 3.83. The minimum absolute atomic E-state index is 0.0166. The minimum Gasteiger partial charge on any atom is -0.502 e. The van der Waals surface area contributed by atoms with Gasteiger partial charge in [0.25, 0.3) is 5.56 Å². The summed E-state index contributed by atoms with van der Waals surface area (Å²) in [6.07, 6.45) is 2.88. The average Bonchev–Trinajstić information content (AvgIpc) is 3.20. The second-order valence-corrected chi connectivity index (χ2v) is 8.92. The molecule has 0 atom stereocenters. The highest BCUT2D eigenvalue weighted by molar-refractivity contribution is 5.60. The number of aromatic nitrogens is 4. The van der Waals surface area contributed by atoms with Crippen LogP contribution in [0.5, 0.6) is 5.75 Å². The van der Waals surface area contributed by atoms with Gasteiger partial charge in [0.15, 0.2) is 0 Å². The third-order valence-electron chi connectivity index (χ3n) is 6.39. The Bertz CT molecular complexity index is 1560. The molecular weight excluding hydrogens is 470 g/mol. The molecule has 4 aromatic rings. The second kappa shape index (κ2) is 10.7. The fraction of sp³-hybridized carbons (Fsp3) is 0.250. The lowest BCUT2D eigenvalue weighted by Gasteiger charge is -2.26. The van der Waals surface area contributed by atoms with E-state index in [1.807, 2.05) is 36.4 Å². The largest absolute Gasteiger partial charge is 0.502 e. The maximum absolute atomic E-state index is 12.7. The normalized spacial score (nSPS) is 13.8. The van der Waals surface area contributed by atoms with Crippen LogP contribution in [-0.4, -0.2) is 55.4 Å². The summed E-state index contributed by atoms with van der Waals surface area (Å²) in [5.74, 6) is 5.92. The molecule has 0 amide bonds. The van der Waals surface area contributed by atoms with Crippen molar-refractivity contribution in [3.8, 4) is 28.8 Å². The number of nitrogens with one attached hydrogen (secondary N) is 1. The molecule has 2 N–H and O–H groups in total. The Kier molecular flexibility index (Phi) is 7.03. The van der Waals surface area contributed by atoms with E-state index in [9.17, 15) is 14.7 Å². The lowest BCUT2D eigenvalue weighted by atomic mass is 10.1. The molecule has 3 heterocycles. The van der Waals surface area contributed by atoms with E-state index in [-0.39, 0.29) is 17.9 Å². The lowest BCUT2D eigenvalue weighted by molar-refractivity contribution is 0.0342. The van der Waals surface area contributed by atoms with Crippen LogP contribution in [0.2, 0.25) is 0 Å². The summed E-state index contributed by atoms with van der Waals surface area (Å²) < 4.78 is 8.33. The van der Waals surface area contributed by atoms with Gasteiger partial charge in [0.05, 0.1) is 31.8 Å². The highest BCUT2D eigenvalue weighted by atomic mass is 16.5. The molecule has 0 spiro atoms. The van der Waals surface area contributed by atoms with Crippen molar-refractivity contribution in [2.75, 3.05) is 26.3 Å². The number of hydrogen-bond donors (Lipinski definition) is 2. The first-order chi connectivity index (χ1) is 18.0. The van der Waals surface area contributed by atoms with Crippen LogP contribution in [0.3, 0.4) is 0 Å². The Labute approximate surface area is 213 Å². The van der Waals surface area contributed by atoms with E-state index in [1.165, 1.54) is 21.0 Å². The molecule has 188 valence electrons. The first-order valence-corrected chi connectivity index (χ1v) is 12.0. The van der Waals surface area contributed by atoms with Crippen LogP contribution in [0.15, 0.2) is 70.6 Å². The molecule has 5 rings (SSSR count). The van der Waals surface area contributed by atoms with E-state index in [4.69, 9.17) is 4.74 Å². The maximum Gasteiger partial charge on any atom is 0.328 e. The minimum atomic E-state index is -0.644. The zero-order valence-corrected chi connectivity index (χ0v) is 20.5. The zero-order chi connectivity index (χ0) is 25.8. The number of aromatic hydroxyl groups is 1. The highest BCUT2D eigenvalue weighted by Gasteiger charge is 2.14. The number of nitrogens with zero attached hydrogens (tertiary/aromatic N) is 4. The predicted molar refractivity (Wildman–Crippen MR) is 139 cm³/mol. The highest BCUT2D eigenvalue weighted by Crippen LogP contribution is 2.19. The summed E-state index contributed by atoms with van der Waals surface area (Å²) in [6.45, 7) is 4.42. The molecular formula is C28H27N5O4. The first kappa shape index (κ1) is 24.3. The van der Waals surface area contributed by atoms with Crippen LogP contribution in [0.25, 0.3) is 11.3 Å². The van der Waals surface area contributed by atoms with Crippen molar-refractivity contribution >= 4 is 0 Å².